The van der Waals surface area contributed by atoms with Gasteiger partial charge >= 0.3 is 0 Å². The van der Waals surface area contributed by atoms with Gasteiger partial charge in [0.05, 0.1) is 12.8 Å². The first-order chi connectivity index (χ1) is 17.5. The van der Waals surface area contributed by atoms with Gasteiger partial charge in [-0.1, -0.05) is 12.6 Å². The first kappa shape index (κ1) is 23.4. The van der Waals surface area contributed by atoms with Crippen molar-refractivity contribution in [1.29, 1.82) is 0 Å². The number of aromatic nitrogens is 3. The number of likely N-dealkylation sites (N-methyl/N-ethyl adjacent to an activating group) is 1. The van der Waals surface area contributed by atoms with Crippen molar-refractivity contribution < 1.29 is 9.53 Å². The van der Waals surface area contributed by atoms with Gasteiger partial charge in [-0.05, 0) is 49.5 Å². The number of amides is 1. The standard InChI is InChI=1S/C27H29N7O2/c1-4-25(35)29-20-6-5-7-22(16-20)34-11-10-19-18-28-27(31-26(19)34)30-23-9-8-21(17-24(23)36-3)33-14-12-32(2)13-15-33/h4-11,16-18H,1,12-15H2,2-3H3,(H,29,35)(H,28,30,31). The molecule has 2 aromatic heterocycles. The van der Waals surface area contributed by atoms with Gasteiger partial charge in [0, 0.05) is 67.1 Å². The fraction of sp³-hybridized carbons (Fsp3) is 0.222. The maximum Gasteiger partial charge on any atom is 0.247 e. The molecule has 0 radical (unpaired) electrons. The van der Waals surface area contributed by atoms with E-state index in [-0.39, 0.29) is 5.91 Å². The monoisotopic (exact) mass is 483 g/mol. The van der Waals surface area contributed by atoms with Crippen LogP contribution in [0.3, 0.4) is 0 Å². The molecule has 0 spiro atoms. The summed E-state index contributed by atoms with van der Waals surface area (Å²) in [5, 5.41) is 7.01. The molecule has 184 valence electrons. The lowest BCUT2D eigenvalue weighted by atomic mass is 10.2. The lowest BCUT2D eigenvalue weighted by Gasteiger charge is -2.34. The van der Waals surface area contributed by atoms with Crippen molar-refractivity contribution in [3.8, 4) is 11.4 Å². The Morgan fingerprint density at radius 3 is 2.69 bits per heavy atom. The number of benzene rings is 2. The number of nitrogens with zero attached hydrogens (tertiary/aromatic N) is 5. The number of piperazine rings is 1. The van der Waals surface area contributed by atoms with E-state index in [0.29, 0.717) is 11.6 Å². The van der Waals surface area contributed by atoms with Gasteiger partial charge in [0.1, 0.15) is 11.4 Å². The van der Waals surface area contributed by atoms with Gasteiger partial charge in [-0.3, -0.25) is 4.79 Å². The molecule has 0 aliphatic carbocycles. The molecule has 36 heavy (non-hydrogen) atoms. The average Bonchev–Trinajstić information content (AvgIpc) is 3.33. The Bertz CT molecular complexity index is 1410. The third-order valence-electron chi connectivity index (χ3n) is 6.30. The van der Waals surface area contributed by atoms with Gasteiger partial charge in [0.25, 0.3) is 0 Å². The van der Waals surface area contributed by atoms with Crippen LogP contribution < -0.4 is 20.3 Å². The second-order valence-electron chi connectivity index (χ2n) is 8.70. The molecular weight excluding hydrogens is 454 g/mol. The summed E-state index contributed by atoms with van der Waals surface area (Å²) in [6, 6.07) is 15.7. The van der Waals surface area contributed by atoms with Crippen LogP contribution in [-0.2, 0) is 4.79 Å². The molecule has 0 saturated carbocycles. The largest absolute Gasteiger partial charge is 0.494 e. The minimum Gasteiger partial charge on any atom is -0.494 e. The first-order valence-corrected chi connectivity index (χ1v) is 11.8. The SMILES string of the molecule is C=CC(=O)Nc1cccc(-n2ccc3cnc(Nc4ccc(N5CCN(C)CC5)cc4OC)nc32)c1. The van der Waals surface area contributed by atoms with Crippen molar-refractivity contribution in [2.45, 2.75) is 0 Å². The lowest BCUT2D eigenvalue weighted by molar-refractivity contribution is -0.111. The van der Waals surface area contributed by atoms with Gasteiger partial charge in [-0.25, -0.2) is 4.98 Å². The van der Waals surface area contributed by atoms with Crippen molar-refractivity contribution in [2.75, 3.05) is 55.9 Å². The molecule has 0 atom stereocenters. The first-order valence-electron chi connectivity index (χ1n) is 11.8. The highest BCUT2D eigenvalue weighted by molar-refractivity contribution is 5.99. The molecule has 9 heteroatoms. The fourth-order valence-electron chi connectivity index (χ4n) is 4.28. The van der Waals surface area contributed by atoms with E-state index in [1.54, 1.807) is 13.3 Å². The summed E-state index contributed by atoms with van der Waals surface area (Å²) in [5.74, 6) is 0.936. The molecule has 1 fully saturated rings. The molecule has 1 amide bonds. The Labute approximate surface area is 210 Å². The van der Waals surface area contributed by atoms with E-state index in [9.17, 15) is 4.79 Å². The highest BCUT2D eigenvalue weighted by Gasteiger charge is 2.16. The number of carbonyl (C=O) groups excluding carboxylic acids is 1. The fourth-order valence-corrected chi connectivity index (χ4v) is 4.28. The molecule has 1 aliphatic rings. The Kier molecular flexibility index (Phi) is 6.55. The van der Waals surface area contributed by atoms with E-state index in [2.05, 4.69) is 51.2 Å². The van der Waals surface area contributed by atoms with Crippen molar-refractivity contribution >= 4 is 40.0 Å². The second-order valence-corrected chi connectivity index (χ2v) is 8.70. The van der Waals surface area contributed by atoms with Crippen LogP contribution in [0.2, 0.25) is 0 Å². The van der Waals surface area contributed by atoms with E-state index in [1.807, 2.05) is 47.2 Å². The van der Waals surface area contributed by atoms with Crippen molar-refractivity contribution in [2.24, 2.45) is 0 Å². The zero-order chi connectivity index (χ0) is 25.1. The van der Waals surface area contributed by atoms with Gasteiger partial charge in [0.2, 0.25) is 11.9 Å². The molecule has 2 aromatic carbocycles. The van der Waals surface area contributed by atoms with Crippen LogP contribution in [0.1, 0.15) is 0 Å². The smallest absolute Gasteiger partial charge is 0.247 e. The van der Waals surface area contributed by atoms with E-state index in [1.165, 1.54) is 6.08 Å². The molecular formula is C27H29N7O2. The number of hydrogen-bond acceptors (Lipinski definition) is 7. The predicted molar refractivity (Wildman–Crippen MR) is 144 cm³/mol. The van der Waals surface area contributed by atoms with Crippen molar-refractivity contribution in [3.05, 3.63) is 73.6 Å². The quantitative estimate of drug-likeness (QED) is 0.384. The van der Waals surface area contributed by atoms with E-state index in [4.69, 9.17) is 9.72 Å². The minimum atomic E-state index is -0.258. The lowest BCUT2D eigenvalue weighted by Crippen LogP contribution is -2.44. The predicted octanol–water partition coefficient (Wildman–Crippen LogP) is 4.05. The molecule has 0 unspecified atom stereocenters. The minimum absolute atomic E-state index is 0.258. The van der Waals surface area contributed by atoms with Crippen LogP contribution in [0.15, 0.2) is 73.6 Å². The third-order valence-corrected chi connectivity index (χ3v) is 6.30. The Hall–Kier alpha value is -4.37. The van der Waals surface area contributed by atoms with Crippen molar-refractivity contribution in [1.82, 2.24) is 19.4 Å². The van der Waals surface area contributed by atoms with E-state index >= 15 is 0 Å². The molecule has 5 rings (SSSR count). The number of hydrogen-bond donors (Lipinski definition) is 2. The summed E-state index contributed by atoms with van der Waals surface area (Å²) in [4.78, 5) is 25.7. The summed E-state index contributed by atoms with van der Waals surface area (Å²) < 4.78 is 7.65. The zero-order valence-corrected chi connectivity index (χ0v) is 20.4. The topological polar surface area (TPSA) is 87.6 Å². The number of carbonyl (C=O) groups is 1. The maximum absolute atomic E-state index is 11.7. The Morgan fingerprint density at radius 1 is 1.08 bits per heavy atom. The summed E-state index contributed by atoms with van der Waals surface area (Å²) in [6.45, 7) is 7.56. The molecule has 1 aliphatic heterocycles. The number of methoxy groups -OCH3 is 1. The maximum atomic E-state index is 11.7. The van der Waals surface area contributed by atoms with Crippen LogP contribution in [0.5, 0.6) is 5.75 Å². The van der Waals surface area contributed by atoms with Crippen LogP contribution >= 0.6 is 0 Å². The number of fused-ring (bicyclic) bond motifs is 1. The summed E-state index contributed by atoms with van der Waals surface area (Å²) in [5.41, 5.74) is 4.22. The molecule has 3 heterocycles. The van der Waals surface area contributed by atoms with Crippen LogP contribution in [-0.4, -0.2) is 65.7 Å². The van der Waals surface area contributed by atoms with Crippen molar-refractivity contribution in [3.63, 3.8) is 0 Å². The normalized spacial score (nSPS) is 14.0. The molecule has 4 aromatic rings. The van der Waals surface area contributed by atoms with Gasteiger partial charge in [-0.15, -0.1) is 0 Å². The number of anilines is 4. The van der Waals surface area contributed by atoms with Gasteiger partial charge in [0.15, 0.2) is 0 Å². The summed E-state index contributed by atoms with van der Waals surface area (Å²) in [6.07, 6.45) is 4.97. The molecule has 0 bridgehead atoms. The van der Waals surface area contributed by atoms with Crippen LogP contribution in [0.25, 0.3) is 16.7 Å². The summed E-state index contributed by atoms with van der Waals surface area (Å²) in [7, 11) is 3.82. The van der Waals surface area contributed by atoms with E-state index in [0.717, 1.165) is 60.0 Å². The van der Waals surface area contributed by atoms with E-state index < -0.39 is 0 Å². The van der Waals surface area contributed by atoms with Crippen LogP contribution in [0.4, 0.5) is 23.0 Å². The number of nitrogens with one attached hydrogen (secondary N) is 2. The molecule has 1 saturated heterocycles. The molecule has 2 N–H and O–H groups in total. The van der Waals surface area contributed by atoms with Crippen LogP contribution in [0, 0.1) is 0 Å². The van der Waals surface area contributed by atoms with Gasteiger partial charge in [-0.2, -0.15) is 4.98 Å². The zero-order valence-electron chi connectivity index (χ0n) is 20.4. The van der Waals surface area contributed by atoms with Gasteiger partial charge < -0.3 is 29.7 Å². The number of ether oxygens (including phenoxy) is 1. The Balaban J connectivity index is 1.41. The summed E-state index contributed by atoms with van der Waals surface area (Å²) >= 11 is 0. The average molecular weight is 484 g/mol. The second kappa shape index (κ2) is 10.1. The Morgan fingerprint density at radius 2 is 1.92 bits per heavy atom. The highest BCUT2D eigenvalue weighted by atomic mass is 16.5. The third kappa shape index (κ3) is 4.87. The highest BCUT2D eigenvalue weighted by Crippen LogP contribution is 2.32. The molecule has 9 nitrogen and oxygen atoms in total. The number of rotatable bonds is 7.